The third-order valence-corrected chi connectivity index (χ3v) is 15.5. The minimum Gasteiger partial charge on any atom is -0.466 e. The van der Waals surface area contributed by atoms with Gasteiger partial charge in [0.15, 0.2) is 0 Å². The molecule has 0 saturated heterocycles. The summed E-state index contributed by atoms with van der Waals surface area (Å²) in [7, 11) is 0. The molecule has 0 fully saturated rings. The molecule has 1 aliphatic carbocycles. The number of aryl methyl sites for hydroxylation is 1. The van der Waals surface area contributed by atoms with E-state index in [1.54, 1.807) is 0 Å². The number of fused-ring (bicyclic) bond motifs is 11. The van der Waals surface area contributed by atoms with Gasteiger partial charge in [-0.2, -0.15) is 0 Å². The zero-order chi connectivity index (χ0) is 45.8. The van der Waals surface area contributed by atoms with Crippen molar-refractivity contribution in [3.63, 3.8) is 0 Å². The molecule has 0 atom stereocenters. The summed E-state index contributed by atoms with van der Waals surface area (Å²) in [5.41, 5.74) is 22.0. The topological polar surface area (TPSA) is 32.8 Å². The van der Waals surface area contributed by atoms with Crippen molar-refractivity contribution in [1.29, 1.82) is 0 Å². The van der Waals surface area contributed by atoms with Crippen LogP contribution < -0.4 is 20.8 Å². The lowest BCUT2D eigenvalue weighted by Crippen LogP contribution is -2.61. The van der Waals surface area contributed by atoms with E-state index in [2.05, 4.69) is 219 Å². The van der Waals surface area contributed by atoms with Crippen molar-refractivity contribution in [3.05, 3.63) is 161 Å². The van der Waals surface area contributed by atoms with Gasteiger partial charge in [0.2, 0.25) is 0 Å². The van der Waals surface area contributed by atoms with Gasteiger partial charge >= 0.3 is 6.85 Å². The fourth-order valence-corrected chi connectivity index (χ4v) is 11.6. The van der Waals surface area contributed by atoms with Crippen molar-refractivity contribution < 1.29 is 8.83 Å². The van der Waals surface area contributed by atoms with E-state index in [0.29, 0.717) is 0 Å². The third-order valence-electron chi connectivity index (χ3n) is 15.5. The van der Waals surface area contributed by atoms with Crippen LogP contribution in [0.15, 0.2) is 142 Å². The lowest BCUT2D eigenvalue weighted by molar-refractivity contribution is 0.332. The fraction of sp³-hybridized carbons (Fsp3) is 0.279. The van der Waals surface area contributed by atoms with Gasteiger partial charge in [-0.25, -0.2) is 0 Å². The normalized spacial score (nSPS) is 16.1. The summed E-state index contributed by atoms with van der Waals surface area (Å²) >= 11 is 0. The third kappa shape index (κ3) is 5.97. The maximum Gasteiger partial charge on any atom is 0.375 e. The Morgan fingerprint density at radius 1 is 0.530 bits per heavy atom. The van der Waals surface area contributed by atoms with E-state index in [9.17, 15) is 0 Å². The van der Waals surface area contributed by atoms with Gasteiger partial charge in [-0.05, 0) is 146 Å². The fourth-order valence-electron chi connectivity index (χ4n) is 11.6. The summed E-state index contributed by atoms with van der Waals surface area (Å²) in [6.45, 7) is 25.5. The second-order valence-corrected chi connectivity index (χ2v) is 22.9. The number of hydrogen-bond acceptors (Lipinski definition) is 4. The summed E-state index contributed by atoms with van der Waals surface area (Å²) in [5, 5.41) is 3.39. The lowest BCUT2D eigenvalue weighted by Gasteiger charge is -2.44. The molecule has 2 aromatic heterocycles. The van der Waals surface area contributed by atoms with Crippen LogP contribution in [0.2, 0.25) is 0 Å². The summed E-state index contributed by atoms with van der Waals surface area (Å²) in [4.78, 5) is 5.18. The minimum absolute atomic E-state index is 0.000565. The van der Waals surface area contributed by atoms with Crippen molar-refractivity contribution >= 4 is 79.3 Å². The van der Waals surface area contributed by atoms with Crippen molar-refractivity contribution in [2.45, 2.75) is 111 Å². The van der Waals surface area contributed by atoms with Crippen molar-refractivity contribution in [3.8, 4) is 22.3 Å². The number of anilines is 5. The molecule has 0 spiro atoms. The van der Waals surface area contributed by atoms with Gasteiger partial charge in [-0.15, -0.1) is 0 Å². The number of para-hydroxylation sites is 1. The van der Waals surface area contributed by atoms with E-state index < -0.39 is 0 Å². The number of rotatable bonds is 3. The lowest BCUT2D eigenvalue weighted by atomic mass is 9.45. The second kappa shape index (κ2) is 13.8. The largest absolute Gasteiger partial charge is 0.466 e. The van der Waals surface area contributed by atoms with Crippen LogP contribution in [0, 0.1) is 6.92 Å². The van der Waals surface area contributed by atoms with Crippen LogP contribution in [-0.4, -0.2) is 6.85 Å². The molecule has 5 heteroatoms. The highest BCUT2D eigenvalue weighted by Crippen LogP contribution is 2.55. The van der Waals surface area contributed by atoms with Crippen molar-refractivity contribution in [2.24, 2.45) is 0 Å². The molecule has 3 aliphatic rings. The minimum atomic E-state index is -0.298. The highest BCUT2D eigenvalue weighted by Gasteiger charge is 2.50. The van der Waals surface area contributed by atoms with Gasteiger partial charge in [0.25, 0.3) is 0 Å². The van der Waals surface area contributed by atoms with Crippen molar-refractivity contribution in [2.75, 3.05) is 9.71 Å². The Kier molecular flexibility index (Phi) is 8.57. The highest BCUT2D eigenvalue weighted by molar-refractivity contribution is 6.93. The molecule has 0 N–H and O–H groups in total. The molecule has 12 rings (SSSR count). The number of benzene rings is 7. The van der Waals surface area contributed by atoms with Crippen molar-refractivity contribution in [1.82, 2.24) is 0 Å². The molecule has 7 aromatic carbocycles. The molecule has 66 heavy (non-hydrogen) atoms. The van der Waals surface area contributed by atoms with E-state index >= 15 is 0 Å². The summed E-state index contributed by atoms with van der Waals surface area (Å²) in [6, 6.07) is 50.2. The van der Waals surface area contributed by atoms with Crippen LogP contribution in [0.1, 0.15) is 110 Å². The summed E-state index contributed by atoms with van der Waals surface area (Å²) in [6.07, 6.45) is 2.26. The Hall–Kier alpha value is -6.46. The first kappa shape index (κ1) is 41.0. The monoisotopic (exact) mass is 862 g/mol. The molecule has 2 aliphatic heterocycles. The molecule has 0 amide bonds. The van der Waals surface area contributed by atoms with Gasteiger partial charge in [-0.3, -0.25) is 0 Å². The Balaban J connectivity index is 1.25. The molecule has 0 bridgehead atoms. The molecule has 0 unspecified atom stereocenters. The molecule has 9 aromatic rings. The molecular weight excluding hydrogens is 803 g/mol. The standard InChI is InChI=1S/C61H59BN2O2/c1-36-31-44-41-26-28-51-53(42-19-15-16-20-50(42)65-51)55(41)64(40-24-21-38(22-25-40)58(2,3)4)62-54(44)49(32-36)63(48-27-23-39(59(5,6)7)33-43(48)37-17-13-12-14-18-37)56-45-34-46-47(35-52(45)66-57(56)62)61(10,11)30-29-60(46,8)9/h12-28,31-35H,29-30H2,1-11H3. The maximum atomic E-state index is 7.69. The molecular formula is C61H59BN2O2. The second-order valence-electron chi connectivity index (χ2n) is 22.9. The maximum absolute atomic E-state index is 7.69. The summed E-state index contributed by atoms with van der Waals surface area (Å²) in [5.74, 6) is 0. The van der Waals surface area contributed by atoms with Gasteiger partial charge in [0.05, 0.1) is 16.8 Å². The number of hydrogen-bond donors (Lipinski definition) is 0. The zero-order valence-corrected chi connectivity index (χ0v) is 40.4. The van der Waals surface area contributed by atoms with Gasteiger partial charge in [-0.1, -0.05) is 142 Å². The molecule has 328 valence electrons. The first-order valence-electron chi connectivity index (χ1n) is 24.0. The molecule has 4 nitrogen and oxygen atoms in total. The zero-order valence-electron chi connectivity index (χ0n) is 40.4. The van der Waals surface area contributed by atoms with Gasteiger partial charge in [0.1, 0.15) is 22.4 Å². The highest BCUT2D eigenvalue weighted by atomic mass is 16.3. The SMILES string of the molecule is Cc1cc2c3c(c1)N(c1ccc(C(C)(C)C)cc1-c1ccccc1)c1c(oc4cc5c(cc14)C(C)(C)CCC5(C)C)B3N(c1ccc(C(C)(C)C)cc1)c1c-2ccc2oc3ccccc3c12. The van der Waals surface area contributed by atoms with E-state index in [-0.39, 0.29) is 28.5 Å². The number of furan rings is 2. The van der Waals surface area contributed by atoms with Crippen LogP contribution in [0.25, 0.3) is 55.2 Å². The Labute approximate surface area is 390 Å². The van der Waals surface area contributed by atoms with Crippen LogP contribution in [0.4, 0.5) is 28.4 Å². The predicted octanol–water partition coefficient (Wildman–Crippen LogP) is 16.0. The van der Waals surface area contributed by atoms with E-state index in [1.807, 2.05) is 0 Å². The quantitative estimate of drug-likeness (QED) is 0.166. The Bertz CT molecular complexity index is 3460. The van der Waals surface area contributed by atoms with Crippen LogP contribution in [0.5, 0.6) is 0 Å². The average molecular weight is 863 g/mol. The average Bonchev–Trinajstić information content (AvgIpc) is 3.86. The Morgan fingerprint density at radius 3 is 1.91 bits per heavy atom. The van der Waals surface area contributed by atoms with Crippen LogP contribution in [-0.2, 0) is 21.7 Å². The smallest absolute Gasteiger partial charge is 0.375 e. The van der Waals surface area contributed by atoms with E-state index in [1.165, 1.54) is 61.2 Å². The van der Waals surface area contributed by atoms with Gasteiger partial charge in [0, 0.05) is 39.0 Å². The van der Waals surface area contributed by atoms with E-state index in [0.717, 1.165) is 74.2 Å². The van der Waals surface area contributed by atoms with Crippen LogP contribution >= 0.6 is 0 Å². The first-order valence-corrected chi connectivity index (χ1v) is 24.0. The van der Waals surface area contributed by atoms with Crippen LogP contribution in [0.3, 0.4) is 0 Å². The predicted molar refractivity (Wildman–Crippen MR) is 280 cm³/mol. The molecule has 0 saturated carbocycles. The number of nitrogens with zero attached hydrogens (tertiary/aromatic N) is 2. The molecule has 0 radical (unpaired) electrons. The molecule has 4 heterocycles. The first-order chi connectivity index (χ1) is 31.4. The Morgan fingerprint density at radius 2 is 1.20 bits per heavy atom. The van der Waals surface area contributed by atoms with E-state index in [4.69, 9.17) is 8.83 Å². The summed E-state index contributed by atoms with van der Waals surface area (Å²) < 4.78 is 14.4. The van der Waals surface area contributed by atoms with Gasteiger partial charge < -0.3 is 18.5 Å².